The van der Waals surface area contributed by atoms with Gasteiger partial charge in [-0.3, -0.25) is 9.48 Å². The van der Waals surface area contributed by atoms with Crippen LogP contribution in [-0.2, 0) is 23.1 Å². The molecule has 0 bridgehead atoms. The van der Waals surface area contributed by atoms with Gasteiger partial charge in [0, 0.05) is 26.2 Å². The van der Waals surface area contributed by atoms with E-state index in [4.69, 9.17) is 0 Å². The average molecular weight is 329 g/mol. The minimum absolute atomic E-state index is 0.228. The molecule has 1 amide bonds. The van der Waals surface area contributed by atoms with Crippen LogP contribution < -0.4 is 5.32 Å². The molecular weight excluding hydrogens is 306 g/mol. The fourth-order valence-corrected chi connectivity index (χ4v) is 3.14. The van der Waals surface area contributed by atoms with E-state index in [1.165, 1.54) is 10.6 Å². The molecule has 2 rings (SSSR count). The van der Waals surface area contributed by atoms with E-state index < -0.39 is 10.0 Å². The maximum Gasteiger partial charge on any atom is 0.271 e. The van der Waals surface area contributed by atoms with Crippen molar-refractivity contribution in [1.29, 1.82) is 0 Å². The van der Waals surface area contributed by atoms with Crippen LogP contribution in [0.15, 0.2) is 6.07 Å². The standard InChI is InChI=1S/C13H23N5O3S/c1-16(2)8-5-14-13(19)12-9-11-10-17(22(3,20)21)6-4-7-18(11)15-12/h9H,4-8,10H2,1-3H3,(H,14,19). The molecule has 0 unspecified atom stereocenters. The first-order valence-corrected chi connectivity index (χ1v) is 9.07. The normalized spacial score (nSPS) is 16.4. The van der Waals surface area contributed by atoms with E-state index in [9.17, 15) is 13.2 Å². The number of amides is 1. The minimum atomic E-state index is -3.24. The van der Waals surface area contributed by atoms with Gasteiger partial charge in [-0.25, -0.2) is 8.42 Å². The van der Waals surface area contributed by atoms with Crippen LogP contribution in [0.25, 0.3) is 0 Å². The number of nitrogens with one attached hydrogen (secondary N) is 1. The molecule has 0 spiro atoms. The Morgan fingerprint density at radius 2 is 2.14 bits per heavy atom. The highest BCUT2D eigenvalue weighted by Crippen LogP contribution is 2.16. The second-order valence-electron chi connectivity index (χ2n) is 5.75. The lowest BCUT2D eigenvalue weighted by molar-refractivity contribution is 0.0945. The number of sulfonamides is 1. The number of carbonyl (C=O) groups excluding carboxylic acids is 1. The first-order valence-electron chi connectivity index (χ1n) is 7.22. The smallest absolute Gasteiger partial charge is 0.271 e. The van der Waals surface area contributed by atoms with Crippen molar-refractivity contribution in [3.05, 3.63) is 17.5 Å². The lowest BCUT2D eigenvalue weighted by Crippen LogP contribution is -2.31. The van der Waals surface area contributed by atoms with Gasteiger partial charge in [-0.15, -0.1) is 0 Å². The molecule has 1 N–H and O–H groups in total. The number of hydrogen-bond acceptors (Lipinski definition) is 5. The third kappa shape index (κ3) is 4.28. The molecule has 1 aliphatic heterocycles. The number of carbonyl (C=O) groups is 1. The van der Waals surface area contributed by atoms with Gasteiger partial charge in [-0.05, 0) is 26.6 Å². The highest BCUT2D eigenvalue weighted by Gasteiger charge is 2.24. The molecule has 22 heavy (non-hydrogen) atoms. The zero-order valence-corrected chi connectivity index (χ0v) is 14.1. The summed E-state index contributed by atoms with van der Waals surface area (Å²) in [7, 11) is 0.630. The van der Waals surface area contributed by atoms with Crippen LogP contribution in [0, 0.1) is 0 Å². The van der Waals surface area contributed by atoms with Crippen LogP contribution in [0.5, 0.6) is 0 Å². The van der Waals surface area contributed by atoms with Gasteiger partial charge in [0.2, 0.25) is 10.0 Å². The van der Waals surface area contributed by atoms with Gasteiger partial charge in [0.05, 0.1) is 18.5 Å². The molecule has 8 nitrogen and oxygen atoms in total. The molecule has 1 aromatic heterocycles. The van der Waals surface area contributed by atoms with E-state index in [2.05, 4.69) is 10.4 Å². The molecule has 0 fully saturated rings. The lowest BCUT2D eigenvalue weighted by atomic mass is 10.3. The van der Waals surface area contributed by atoms with Gasteiger partial charge in [0.15, 0.2) is 0 Å². The summed E-state index contributed by atoms with van der Waals surface area (Å²) in [5, 5.41) is 7.10. The van der Waals surface area contributed by atoms with Crippen molar-refractivity contribution in [1.82, 2.24) is 24.3 Å². The van der Waals surface area contributed by atoms with Crippen molar-refractivity contribution in [2.75, 3.05) is 40.0 Å². The predicted octanol–water partition coefficient (Wildman–Crippen LogP) is -0.660. The molecule has 0 radical (unpaired) electrons. The Bertz CT molecular complexity index is 638. The predicted molar refractivity (Wildman–Crippen MR) is 83.0 cm³/mol. The summed E-state index contributed by atoms with van der Waals surface area (Å²) in [6.07, 6.45) is 1.89. The molecule has 0 saturated heterocycles. The van der Waals surface area contributed by atoms with Crippen molar-refractivity contribution in [2.24, 2.45) is 0 Å². The Labute approximate surface area is 131 Å². The quantitative estimate of drug-likeness (QED) is 0.775. The van der Waals surface area contributed by atoms with Gasteiger partial charge in [0.25, 0.3) is 5.91 Å². The fraction of sp³-hybridized carbons (Fsp3) is 0.692. The summed E-state index contributed by atoms with van der Waals surface area (Å²) < 4.78 is 26.6. The van der Waals surface area contributed by atoms with E-state index in [0.29, 0.717) is 31.7 Å². The molecule has 124 valence electrons. The molecule has 0 atom stereocenters. The molecule has 1 aromatic rings. The summed E-state index contributed by atoms with van der Waals surface area (Å²) in [6.45, 7) is 2.65. The van der Waals surface area contributed by atoms with Crippen molar-refractivity contribution in [3.8, 4) is 0 Å². The summed E-state index contributed by atoms with van der Waals surface area (Å²) in [5.74, 6) is -0.228. The molecule has 1 aliphatic rings. The minimum Gasteiger partial charge on any atom is -0.349 e. The molecule has 9 heteroatoms. The van der Waals surface area contributed by atoms with Crippen molar-refractivity contribution in [2.45, 2.75) is 19.5 Å². The number of aryl methyl sites for hydroxylation is 1. The van der Waals surface area contributed by atoms with Crippen molar-refractivity contribution < 1.29 is 13.2 Å². The third-order valence-electron chi connectivity index (χ3n) is 3.53. The Balaban J connectivity index is 2.07. The zero-order valence-electron chi connectivity index (χ0n) is 13.2. The summed E-state index contributed by atoms with van der Waals surface area (Å²) in [5.41, 5.74) is 1.09. The Morgan fingerprint density at radius 1 is 1.41 bits per heavy atom. The SMILES string of the molecule is CN(C)CCNC(=O)c1cc2n(n1)CCCN(S(C)(=O)=O)C2. The zero-order chi connectivity index (χ0) is 16.3. The van der Waals surface area contributed by atoms with E-state index in [-0.39, 0.29) is 12.5 Å². The lowest BCUT2D eigenvalue weighted by Gasteiger charge is -2.16. The van der Waals surface area contributed by atoms with Crippen molar-refractivity contribution >= 4 is 15.9 Å². The third-order valence-corrected chi connectivity index (χ3v) is 4.78. The number of fused-ring (bicyclic) bond motifs is 1. The largest absolute Gasteiger partial charge is 0.349 e. The fourth-order valence-electron chi connectivity index (χ4n) is 2.31. The Hall–Kier alpha value is -1.45. The van der Waals surface area contributed by atoms with Crippen LogP contribution in [0.4, 0.5) is 0 Å². The highest BCUT2D eigenvalue weighted by atomic mass is 32.2. The maximum atomic E-state index is 12.1. The van der Waals surface area contributed by atoms with E-state index in [0.717, 1.165) is 12.2 Å². The second-order valence-corrected chi connectivity index (χ2v) is 7.74. The van der Waals surface area contributed by atoms with Gasteiger partial charge >= 0.3 is 0 Å². The second kappa shape index (κ2) is 6.76. The number of nitrogens with zero attached hydrogens (tertiary/aromatic N) is 4. The number of aromatic nitrogens is 2. The first kappa shape index (κ1) is 16.9. The molecule has 2 heterocycles. The van der Waals surface area contributed by atoms with Crippen LogP contribution >= 0.6 is 0 Å². The molecular formula is C13H23N5O3S. The van der Waals surface area contributed by atoms with Crippen molar-refractivity contribution in [3.63, 3.8) is 0 Å². The topological polar surface area (TPSA) is 87.5 Å². The van der Waals surface area contributed by atoms with Crippen LogP contribution in [0.3, 0.4) is 0 Å². The van der Waals surface area contributed by atoms with Gasteiger partial charge in [-0.1, -0.05) is 0 Å². The van der Waals surface area contributed by atoms with Crippen LogP contribution in [0.1, 0.15) is 22.6 Å². The van der Waals surface area contributed by atoms with E-state index in [1.54, 1.807) is 10.7 Å². The average Bonchev–Trinajstić information content (AvgIpc) is 2.69. The molecule has 0 saturated carbocycles. The van der Waals surface area contributed by atoms with Gasteiger partial charge in [0.1, 0.15) is 5.69 Å². The van der Waals surface area contributed by atoms with E-state index >= 15 is 0 Å². The molecule has 0 aliphatic carbocycles. The first-order chi connectivity index (χ1) is 10.3. The summed E-state index contributed by atoms with van der Waals surface area (Å²) in [6, 6.07) is 1.68. The Morgan fingerprint density at radius 3 is 2.77 bits per heavy atom. The summed E-state index contributed by atoms with van der Waals surface area (Å²) >= 11 is 0. The van der Waals surface area contributed by atoms with Gasteiger partial charge < -0.3 is 10.2 Å². The van der Waals surface area contributed by atoms with Crippen LogP contribution in [-0.4, -0.2) is 73.3 Å². The number of rotatable bonds is 5. The number of hydrogen-bond donors (Lipinski definition) is 1. The molecule has 0 aromatic carbocycles. The summed E-state index contributed by atoms with van der Waals surface area (Å²) in [4.78, 5) is 14.0. The monoisotopic (exact) mass is 329 g/mol. The highest BCUT2D eigenvalue weighted by molar-refractivity contribution is 7.88. The Kier molecular flexibility index (Phi) is 5.20. The van der Waals surface area contributed by atoms with Gasteiger partial charge in [-0.2, -0.15) is 9.40 Å². The van der Waals surface area contributed by atoms with Crippen LogP contribution in [0.2, 0.25) is 0 Å². The number of likely N-dealkylation sites (N-methyl/N-ethyl adjacent to an activating group) is 1. The maximum absolute atomic E-state index is 12.1. The van der Waals surface area contributed by atoms with E-state index in [1.807, 2.05) is 19.0 Å².